The second-order valence-electron chi connectivity index (χ2n) is 5.80. The van der Waals surface area contributed by atoms with Crippen LogP contribution < -0.4 is 5.73 Å². The number of aromatic nitrogens is 3. The van der Waals surface area contributed by atoms with Crippen molar-refractivity contribution in [3.8, 4) is 11.6 Å². The Morgan fingerprint density at radius 2 is 1.87 bits per heavy atom. The van der Waals surface area contributed by atoms with Crippen LogP contribution in [0.5, 0.6) is 0 Å². The van der Waals surface area contributed by atoms with Gasteiger partial charge in [0, 0.05) is 15.8 Å². The number of anilines is 1. The zero-order valence-corrected chi connectivity index (χ0v) is 19.9. The van der Waals surface area contributed by atoms with E-state index in [1.54, 1.807) is 13.0 Å². The molecule has 0 aliphatic carbocycles. The van der Waals surface area contributed by atoms with Crippen LogP contribution in [0.1, 0.15) is 27.0 Å². The Hall–Kier alpha value is -1.91. The van der Waals surface area contributed by atoms with Gasteiger partial charge in [-0.25, -0.2) is 14.8 Å². The summed E-state index contributed by atoms with van der Waals surface area (Å²) in [6.07, 6.45) is 1.53. The molecular formula is C18H15Cl3N4O3S2. The van der Waals surface area contributed by atoms with Crippen molar-refractivity contribution in [2.24, 2.45) is 0 Å². The monoisotopic (exact) mass is 504 g/mol. The van der Waals surface area contributed by atoms with E-state index in [0.717, 1.165) is 14.6 Å². The van der Waals surface area contributed by atoms with Crippen molar-refractivity contribution in [1.82, 2.24) is 15.1 Å². The average Bonchev–Trinajstić information content (AvgIpc) is 3.37. The highest BCUT2D eigenvalue weighted by atomic mass is 35.5. The number of ether oxygens (including phenoxy) is 1. The Morgan fingerprint density at radius 3 is 2.43 bits per heavy atom. The van der Waals surface area contributed by atoms with Crippen molar-refractivity contribution in [2.45, 2.75) is 20.8 Å². The highest BCUT2D eigenvalue weighted by Gasteiger charge is 2.20. The van der Waals surface area contributed by atoms with Crippen LogP contribution >= 0.6 is 57.5 Å². The van der Waals surface area contributed by atoms with E-state index in [4.69, 9.17) is 49.8 Å². The Bertz CT molecular complexity index is 1210. The zero-order chi connectivity index (χ0) is 22.0. The van der Waals surface area contributed by atoms with E-state index in [2.05, 4.69) is 15.1 Å². The van der Waals surface area contributed by atoms with Gasteiger partial charge in [0.05, 0.1) is 28.2 Å². The minimum absolute atomic E-state index is 0.297. The van der Waals surface area contributed by atoms with Crippen LogP contribution in [0.15, 0.2) is 16.8 Å². The van der Waals surface area contributed by atoms with Crippen LogP contribution in [-0.2, 0) is 4.74 Å². The number of carbonyl (C=O) groups excluding carboxylic acids is 1. The number of nitrogens with two attached hydrogens (primary N) is 1. The van der Waals surface area contributed by atoms with Gasteiger partial charge >= 0.3 is 5.97 Å². The fraction of sp³-hybridized carbons (Fsp3) is 0.222. The molecule has 30 heavy (non-hydrogen) atoms. The lowest BCUT2D eigenvalue weighted by Crippen LogP contribution is -2.06. The predicted molar refractivity (Wildman–Crippen MR) is 122 cm³/mol. The largest absolute Gasteiger partial charge is 0.462 e. The number of carbonyl (C=O) groups is 1. The van der Waals surface area contributed by atoms with Gasteiger partial charge in [0.1, 0.15) is 20.5 Å². The second-order valence-corrected chi connectivity index (χ2v) is 9.37. The number of hydrogen-bond acceptors (Lipinski definition) is 9. The minimum atomic E-state index is -0.450. The quantitative estimate of drug-likeness (QED) is 0.253. The number of nitrogens with zero attached hydrogens (tertiary/aromatic N) is 3. The summed E-state index contributed by atoms with van der Waals surface area (Å²) in [5.74, 6) is 0.447. The van der Waals surface area contributed by atoms with Crippen LogP contribution in [0.4, 0.5) is 5.00 Å². The molecule has 4 rings (SSSR count). The van der Waals surface area contributed by atoms with Crippen molar-refractivity contribution < 1.29 is 14.1 Å². The second kappa shape index (κ2) is 9.49. The Labute approximate surface area is 194 Å². The molecule has 4 aromatic rings. The number of hydrogen-bond donors (Lipinski definition) is 1. The topological polar surface area (TPSA) is 104 Å². The van der Waals surface area contributed by atoms with Crippen molar-refractivity contribution in [3.05, 3.63) is 42.8 Å². The van der Waals surface area contributed by atoms with E-state index >= 15 is 0 Å². The summed E-state index contributed by atoms with van der Waals surface area (Å²) in [5, 5.41) is 6.06. The molecule has 0 unspecified atom stereocenters. The molecule has 0 aliphatic rings. The van der Waals surface area contributed by atoms with E-state index in [-0.39, 0.29) is 0 Å². The molecule has 0 atom stereocenters. The molecule has 12 heteroatoms. The van der Waals surface area contributed by atoms with E-state index < -0.39 is 5.97 Å². The van der Waals surface area contributed by atoms with E-state index in [9.17, 15) is 4.79 Å². The molecule has 0 bridgehead atoms. The maximum Gasteiger partial charge on any atom is 0.342 e. The van der Waals surface area contributed by atoms with Crippen molar-refractivity contribution in [2.75, 3.05) is 12.3 Å². The molecule has 4 heterocycles. The molecule has 0 amide bonds. The normalized spacial score (nSPS) is 10.7. The lowest BCUT2D eigenvalue weighted by molar-refractivity contribution is 0.0528. The summed E-state index contributed by atoms with van der Waals surface area (Å²) < 4.78 is 9.80. The molecule has 0 aliphatic heterocycles. The number of aryl methyl sites for hydroxylation is 2. The van der Waals surface area contributed by atoms with Crippen LogP contribution in [0.25, 0.3) is 21.8 Å². The van der Waals surface area contributed by atoms with E-state index in [1.807, 2.05) is 13.8 Å². The van der Waals surface area contributed by atoms with Crippen molar-refractivity contribution in [3.63, 3.8) is 0 Å². The Kier molecular flexibility index (Phi) is 7.20. The molecule has 4 aromatic heterocycles. The number of rotatable bonds is 3. The van der Waals surface area contributed by atoms with E-state index in [0.29, 0.717) is 49.3 Å². The average molecular weight is 506 g/mol. The predicted octanol–water partition coefficient (Wildman–Crippen LogP) is 6.43. The molecule has 0 saturated heterocycles. The number of halogens is 3. The van der Waals surface area contributed by atoms with Gasteiger partial charge in [0.2, 0.25) is 11.6 Å². The maximum absolute atomic E-state index is 11.3. The summed E-state index contributed by atoms with van der Waals surface area (Å²) in [6.45, 7) is 5.79. The third-order valence-corrected chi connectivity index (χ3v) is 7.16. The van der Waals surface area contributed by atoms with Crippen LogP contribution in [0.2, 0.25) is 15.2 Å². The summed E-state index contributed by atoms with van der Waals surface area (Å²) in [6, 6.07) is 1.68. The van der Waals surface area contributed by atoms with Gasteiger partial charge in [0.15, 0.2) is 0 Å². The third kappa shape index (κ3) is 4.55. The van der Waals surface area contributed by atoms with Gasteiger partial charge in [0.25, 0.3) is 0 Å². The Balaban J connectivity index is 0.000000178. The van der Waals surface area contributed by atoms with Gasteiger partial charge < -0.3 is 15.0 Å². The molecular weight excluding hydrogens is 491 g/mol. The van der Waals surface area contributed by atoms with Gasteiger partial charge in [-0.15, -0.1) is 22.7 Å². The summed E-state index contributed by atoms with van der Waals surface area (Å²) in [7, 11) is 0. The van der Waals surface area contributed by atoms with Gasteiger partial charge in [-0.05, 0) is 20.8 Å². The first-order valence-corrected chi connectivity index (χ1v) is 11.3. The van der Waals surface area contributed by atoms with E-state index in [1.165, 1.54) is 28.9 Å². The molecule has 158 valence electrons. The molecule has 0 aromatic carbocycles. The fourth-order valence-corrected chi connectivity index (χ4v) is 5.21. The number of nitrogen functional groups attached to an aromatic ring is 1. The Morgan fingerprint density at radius 1 is 1.17 bits per heavy atom. The van der Waals surface area contributed by atoms with Gasteiger partial charge in [-0.3, -0.25) is 0 Å². The van der Waals surface area contributed by atoms with Crippen molar-refractivity contribution >= 4 is 78.7 Å². The number of fused-ring (bicyclic) bond motifs is 1. The van der Waals surface area contributed by atoms with Gasteiger partial charge in [-0.1, -0.05) is 40.0 Å². The molecule has 0 fully saturated rings. The van der Waals surface area contributed by atoms with Crippen LogP contribution in [-0.4, -0.2) is 27.7 Å². The molecule has 0 spiro atoms. The molecule has 0 saturated carbocycles. The summed E-state index contributed by atoms with van der Waals surface area (Å²) >= 11 is 20.9. The van der Waals surface area contributed by atoms with Crippen LogP contribution in [0, 0.1) is 13.8 Å². The maximum atomic E-state index is 11.3. The highest BCUT2D eigenvalue weighted by molar-refractivity contribution is 7.19. The first-order chi connectivity index (χ1) is 14.2. The first-order valence-electron chi connectivity index (χ1n) is 8.49. The summed E-state index contributed by atoms with van der Waals surface area (Å²) in [5.41, 5.74) is 5.90. The molecule has 2 N–H and O–H groups in total. The highest BCUT2D eigenvalue weighted by Crippen LogP contribution is 2.38. The smallest absolute Gasteiger partial charge is 0.342 e. The first kappa shape index (κ1) is 22.8. The van der Waals surface area contributed by atoms with Crippen molar-refractivity contribution in [1.29, 1.82) is 0 Å². The molecule has 7 nitrogen and oxygen atoms in total. The minimum Gasteiger partial charge on any atom is -0.462 e. The number of esters is 1. The molecule has 0 radical (unpaired) electrons. The SMILES string of the molecule is CCOC(=O)c1c(N)sc(C)c1Cl.Cc1sc2nc(-c3ccno3)nc(Cl)c2c1Cl. The fourth-order valence-electron chi connectivity index (χ4n) is 2.42. The van der Waals surface area contributed by atoms with Crippen LogP contribution in [0.3, 0.4) is 0 Å². The van der Waals surface area contributed by atoms with Gasteiger partial charge in [-0.2, -0.15) is 0 Å². The zero-order valence-electron chi connectivity index (χ0n) is 16.0. The summed E-state index contributed by atoms with van der Waals surface area (Å²) in [4.78, 5) is 22.4. The standard InChI is InChI=1S/C10H5Cl2N3OS.C8H10ClNO2S/c1-4-7(11)6-8(12)14-9(15-10(6)17-4)5-2-3-13-16-5;1-3-12-8(11)5-6(9)4(2)13-7(5)10/h2-3H,1H3;3,10H2,1-2H3. The lowest BCUT2D eigenvalue weighted by atomic mass is 10.3. The lowest BCUT2D eigenvalue weighted by Gasteiger charge is -2.00. The third-order valence-electron chi connectivity index (χ3n) is 3.79. The number of thiophene rings is 2.